The Morgan fingerprint density at radius 2 is 1.77 bits per heavy atom. The van der Waals surface area contributed by atoms with Crippen LogP contribution in [-0.2, 0) is 14.8 Å². The lowest BCUT2D eigenvalue weighted by Crippen LogP contribution is -2.38. The molecular weight excluding hydrogens is 481 g/mol. The molecule has 0 spiro atoms. The van der Waals surface area contributed by atoms with Crippen LogP contribution in [0.3, 0.4) is 0 Å². The molecule has 1 N–H and O–H groups in total. The fourth-order valence-corrected chi connectivity index (χ4v) is 4.95. The highest BCUT2D eigenvalue weighted by Crippen LogP contribution is 2.34. The highest BCUT2D eigenvalue weighted by molar-refractivity contribution is 7.92. The Balaban J connectivity index is 1.67. The zero-order valence-electron chi connectivity index (χ0n) is 18.4. The number of anilines is 2. The largest absolute Gasteiger partial charge is 0.486 e. The normalized spacial score (nSPS) is 12.6. The molecule has 0 radical (unpaired) electrons. The smallest absolute Gasteiger partial charge is 0.274 e. The lowest BCUT2D eigenvalue weighted by Gasteiger charge is -2.25. The standard InChI is InChI=1S/C23H20FN3O7S/c1-15-19(3-2-4-20(15)27(29)30)25-23(28)14-26(17-7-5-16(24)6-8-17)35(31,32)18-9-10-21-22(13-18)34-12-11-33-21/h2-10,13H,11-12,14H2,1H3,(H,25,28). The summed E-state index contributed by atoms with van der Waals surface area (Å²) in [7, 11) is -4.31. The maximum absolute atomic E-state index is 13.6. The van der Waals surface area contributed by atoms with Crippen LogP contribution in [0.25, 0.3) is 0 Å². The van der Waals surface area contributed by atoms with Crippen molar-refractivity contribution in [1.29, 1.82) is 0 Å². The number of carbonyl (C=O) groups excluding carboxylic acids is 1. The number of halogens is 1. The molecule has 1 aliphatic rings. The Kier molecular flexibility index (Phi) is 6.56. The third kappa shape index (κ3) is 5.01. The van der Waals surface area contributed by atoms with E-state index in [2.05, 4.69) is 5.32 Å². The first kappa shape index (κ1) is 24.0. The molecule has 0 atom stereocenters. The zero-order valence-corrected chi connectivity index (χ0v) is 19.2. The third-order valence-electron chi connectivity index (χ3n) is 5.28. The number of carbonyl (C=O) groups is 1. The molecule has 1 heterocycles. The molecule has 1 aliphatic heterocycles. The van der Waals surface area contributed by atoms with Gasteiger partial charge in [0.05, 0.1) is 26.8 Å². The average molecular weight is 501 g/mol. The van der Waals surface area contributed by atoms with Crippen LogP contribution >= 0.6 is 0 Å². The summed E-state index contributed by atoms with van der Waals surface area (Å²) >= 11 is 0. The van der Waals surface area contributed by atoms with Gasteiger partial charge < -0.3 is 14.8 Å². The van der Waals surface area contributed by atoms with Crippen molar-refractivity contribution in [3.63, 3.8) is 0 Å². The van der Waals surface area contributed by atoms with Crippen molar-refractivity contribution in [2.75, 3.05) is 29.4 Å². The van der Waals surface area contributed by atoms with E-state index in [0.717, 1.165) is 16.4 Å². The Morgan fingerprint density at radius 1 is 1.09 bits per heavy atom. The summed E-state index contributed by atoms with van der Waals surface area (Å²) in [5.74, 6) is -0.698. The number of ether oxygens (including phenoxy) is 2. The van der Waals surface area contributed by atoms with Gasteiger partial charge in [-0.2, -0.15) is 0 Å². The van der Waals surface area contributed by atoms with Crippen LogP contribution in [0.1, 0.15) is 5.56 Å². The van der Waals surface area contributed by atoms with Gasteiger partial charge in [-0.1, -0.05) is 6.07 Å². The second-order valence-corrected chi connectivity index (χ2v) is 9.41. The molecule has 0 aliphatic carbocycles. The quantitative estimate of drug-likeness (QED) is 0.387. The lowest BCUT2D eigenvalue weighted by molar-refractivity contribution is -0.385. The fourth-order valence-electron chi connectivity index (χ4n) is 3.51. The van der Waals surface area contributed by atoms with E-state index in [1.165, 1.54) is 55.5 Å². The van der Waals surface area contributed by atoms with Crippen molar-refractivity contribution < 1.29 is 32.0 Å². The second kappa shape index (κ2) is 9.58. The SMILES string of the molecule is Cc1c(NC(=O)CN(c2ccc(F)cc2)S(=O)(=O)c2ccc3c(c2)OCCO3)cccc1[N+](=O)[O-]. The first-order chi connectivity index (χ1) is 16.7. The molecule has 1 amide bonds. The minimum absolute atomic E-state index is 0.0483. The van der Waals surface area contributed by atoms with Gasteiger partial charge in [-0.3, -0.25) is 19.2 Å². The van der Waals surface area contributed by atoms with E-state index in [9.17, 15) is 27.7 Å². The average Bonchev–Trinajstić information content (AvgIpc) is 2.84. The Labute approximate surface area is 200 Å². The molecule has 35 heavy (non-hydrogen) atoms. The third-order valence-corrected chi connectivity index (χ3v) is 7.05. The summed E-state index contributed by atoms with van der Waals surface area (Å²) in [5, 5.41) is 13.7. The molecule has 0 aromatic heterocycles. The number of hydrogen-bond acceptors (Lipinski definition) is 7. The minimum atomic E-state index is -4.31. The van der Waals surface area contributed by atoms with Crippen LogP contribution in [0, 0.1) is 22.9 Å². The number of hydrogen-bond donors (Lipinski definition) is 1. The minimum Gasteiger partial charge on any atom is -0.486 e. The molecule has 0 saturated carbocycles. The topological polar surface area (TPSA) is 128 Å². The van der Waals surface area contributed by atoms with Crippen LogP contribution < -0.4 is 19.1 Å². The van der Waals surface area contributed by atoms with Gasteiger partial charge in [-0.15, -0.1) is 0 Å². The zero-order chi connectivity index (χ0) is 25.2. The van der Waals surface area contributed by atoms with Gasteiger partial charge in [0.1, 0.15) is 25.6 Å². The van der Waals surface area contributed by atoms with Crippen LogP contribution in [0.4, 0.5) is 21.5 Å². The summed E-state index contributed by atoms with van der Waals surface area (Å²) in [6.07, 6.45) is 0. The molecular formula is C23H20FN3O7S. The van der Waals surface area contributed by atoms with E-state index in [1.54, 1.807) is 0 Å². The highest BCUT2D eigenvalue weighted by atomic mass is 32.2. The number of nitro groups is 1. The lowest BCUT2D eigenvalue weighted by atomic mass is 10.1. The monoisotopic (exact) mass is 501 g/mol. The molecule has 0 bridgehead atoms. The van der Waals surface area contributed by atoms with Crippen LogP contribution in [0.2, 0.25) is 0 Å². The van der Waals surface area contributed by atoms with Crippen molar-refractivity contribution in [2.24, 2.45) is 0 Å². The van der Waals surface area contributed by atoms with Crippen LogP contribution in [-0.4, -0.2) is 39.0 Å². The van der Waals surface area contributed by atoms with E-state index < -0.39 is 33.2 Å². The predicted molar refractivity (Wildman–Crippen MR) is 125 cm³/mol. The second-order valence-electron chi connectivity index (χ2n) is 7.55. The highest BCUT2D eigenvalue weighted by Gasteiger charge is 2.29. The summed E-state index contributed by atoms with van der Waals surface area (Å²) in [4.78, 5) is 23.4. The van der Waals surface area contributed by atoms with E-state index in [4.69, 9.17) is 9.47 Å². The predicted octanol–water partition coefficient (Wildman–Crippen LogP) is 3.65. The van der Waals surface area contributed by atoms with Crippen LogP contribution in [0.5, 0.6) is 11.5 Å². The van der Waals surface area contributed by atoms with Crippen LogP contribution in [0.15, 0.2) is 65.6 Å². The molecule has 0 saturated heterocycles. The summed E-state index contributed by atoms with van der Waals surface area (Å²) in [6, 6.07) is 12.9. The van der Waals surface area contributed by atoms with Gasteiger partial charge in [-0.05, 0) is 49.4 Å². The van der Waals surface area contributed by atoms with Crippen molar-refractivity contribution in [3.8, 4) is 11.5 Å². The van der Waals surface area contributed by atoms with Crippen molar-refractivity contribution in [3.05, 3.63) is 82.2 Å². The van der Waals surface area contributed by atoms with Crippen molar-refractivity contribution in [2.45, 2.75) is 11.8 Å². The molecule has 182 valence electrons. The molecule has 0 fully saturated rings. The van der Waals surface area contributed by atoms with Gasteiger partial charge >= 0.3 is 0 Å². The van der Waals surface area contributed by atoms with Gasteiger partial charge in [0.2, 0.25) is 5.91 Å². The number of sulfonamides is 1. The Morgan fingerprint density at radius 3 is 2.46 bits per heavy atom. The molecule has 4 rings (SSSR count). The first-order valence-electron chi connectivity index (χ1n) is 10.4. The summed E-state index contributed by atoms with van der Waals surface area (Å²) in [6.45, 7) is 1.38. The van der Waals surface area contributed by atoms with E-state index in [-0.39, 0.29) is 39.9 Å². The number of nitrogens with one attached hydrogen (secondary N) is 1. The fraction of sp³-hybridized carbons (Fsp3) is 0.174. The maximum Gasteiger partial charge on any atom is 0.274 e. The Bertz CT molecular complexity index is 1390. The van der Waals surface area contributed by atoms with Gasteiger partial charge in [-0.25, -0.2) is 12.8 Å². The Hall–Kier alpha value is -4.19. The number of nitrogens with zero attached hydrogens (tertiary/aromatic N) is 2. The summed E-state index contributed by atoms with van der Waals surface area (Å²) in [5.41, 5.74) is 0.239. The van der Waals surface area contributed by atoms with Gasteiger partial charge in [0.25, 0.3) is 15.7 Å². The maximum atomic E-state index is 13.6. The summed E-state index contributed by atoms with van der Waals surface area (Å²) < 4.78 is 52.4. The number of nitro benzene ring substituents is 1. The molecule has 12 heteroatoms. The van der Waals surface area contributed by atoms with Gasteiger partial charge in [0.15, 0.2) is 11.5 Å². The molecule has 3 aromatic rings. The van der Waals surface area contributed by atoms with Gasteiger partial charge in [0, 0.05) is 12.1 Å². The van der Waals surface area contributed by atoms with Crippen molar-refractivity contribution >= 4 is 33.0 Å². The number of amides is 1. The van der Waals surface area contributed by atoms with E-state index >= 15 is 0 Å². The first-order valence-corrected chi connectivity index (χ1v) is 11.8. The number of rotatable bonds is 7. The molecule has 3 aromatic carbocycles. The molecule has 0 unspecified atom stereocenters. The van der Waals surface area contributed by atoms with E-state index in [0.29, 0.717) is 12.4 Å². The van der Waals surface area contributed by atoms with Crippen molar-refractivity contribution in [1.82, 2.24) is 0 Å². The molecule has 10 nitrogen and oxygen atoms in total. The number of benzene rings is 3. The number of fused-ring (bicyclic) bond motifs is 1. The van der Waals surface area contributed by atoms with E-state index in [1.807, 2.05) is 0 Å².